The molecule has 0 saturated carbocycles. The first-order chi connectivity index (χ1) is 14.4. The van der Waals surface area contributed by atoms with Gasteiger partial charge in [0.1, 0.15) is 5.52 Å². The van der Waals surface area contributed by atoms with Gasteiger partial charge in [0, 0.05) is 30.2 Å². The topological polar surface area (TPSA) is 87.8 Å². The van der Waals surface area contributed by atoms with E-state index in [1.807, 2.05) is 31.2 Å². The maximum absolute atomic E-state index is 13.0. The van der Waals surface area contributed by atoms with Gasteiger partial charge in [0.05, 0.1) is 13.2 Å². The Bertz CT molecular complexity index is 1070. The van der Waals surface area contributed by atoms with Gasteiger partial charge in [0.25, 0.3) is 11.9 Å². The highest BCUT2D eigenvalue weighted by molar-refractivity contribution is 6.30. The van der Waals surface area contributed by atoms with Crippen molar-refractivity contribution in [1.82, 2.24) is 9.88 Å². The zero-order valence-corrected chi connectivity index (χ0v) is 17.6. The Labute approximate surface area is 179 Å². The zero-order chi connectivity index (χ0) is 21.3. The summed E-state index contributed by atoms with van der Waals surface area (Å²) in [5.41, 5.74) is 2.49. The lowest BCUT2D eigenvalue weighted by Crippen LogP contribution is -2.44. The second kappa shape index (κ2) is 8.53. The fourth-order valence-corrected chi connectivity index (χ4v) is 3.89. The van der Waals surface area contributed by atoms with E-state index in [4.69, 9.17) is 20.8 Å². The molecule has 8 heteroatoms. The van der Waals surface area contributed by atoms with E-state index in [9.17, 15) is 9.90 Å². The van der Waals surface area contributed by atoms with E-state index in [1.165, 1.54) is 7.11 Å². The third-order valence-electron chi connectivity index (χ3n) is 5.40. The van der Waals surface area contributed by atoms with Gasteiger partial charge < -0.3 is 24.5 Å². The number of benzene rings is 2. The Kier molecular flexibility index (Phi) is 5.83. The van der Waals surface area contributed by atoms with Crippen molar-refractivity contribution in [3.8, 4) is 5.75 Å². The number of methoxy groups -OCH3 is 1. The number of rotatable bonds is 5. The maximum Gasteiger partial charge on any atom is 0.296 e. The number of nitrogens with zero attached hydrogens (tertiary/aromatic N) is 2. The summed E-state index contributed by atoms with van der Waals surface area (Å²) in [5.74, 6) is 0.386. The minimum absolute atomic E-state index is 0.0441. The SMILES string of the molecule is COc1cc(C(=O)N2CC[C@H](O)[C@@H](C)C2)cc2nc(NCc3cccc(Cl)c3)oc12. The second-order valence-corrected chi connectivity index (χ2v) is 8.05. The molecule has 2 N–H and O–H groups in total. The summed E-state index contributed by atoms with van der Waals surface area (Å²) in [5, 5.41) is 13.7. The largest absolute Gasteiger partial charge is 0.493 e. The third-order valence-corrected chi connectivity index (χ3v) is 5.64. The number of amides is 1. The van der Waals surface area contributed by atoms with Gasteiger partial charge >= 0.3 is 0 Å². The van der Waals surface area contributed by atoms with Crippen LogP contribution in [-0.2, 0) is 6.54 Å². The van der Waals surface area contributed by atoms with Crippen LogP contribution < -0.4 is 10.1 Å². The first-order valence-corrected chi connectivity index (χ1v) is 10.3. The van der Waals surface area contributed by atoms with E-state index < -0.39 is 0 Å². The van der Waals surface area contributed by atoms with Gasteiger partial charge in [0.2, 0.25) is 0 Å². The van der Waals surface area contributed by atoms with Crippen molar-refractivity contribution in [2.24, 2.45) is 5.92 Å². The molecule has 1 saturated heterocycles. The normalized spacial score (nSPS) is 19.1. The number of hydrogen-bond donors (Lipinski definition) is 2. The number of nitrogens with one attached hydrogen (secondary N) is 1. The summed E-state index contributed by atoms with van der Waals surface area (Å²) < 4.78 is 11.3. The predicted molar refractivity (Wildman–Crippen MR) is 115 cm³/mol. The molecule has 0 unspecified atom stereocenters. The highest BCUT2D eigenvalue weighted by Crippen LogP contribution is 2.31. The molecular weight excluding hydrogens is 406 g/mol. The number of carbonyl (C=O) groups is 1. The number of piperidine rings is 1. The maximum atomic E-state index is 13.0. The number of fused-ring (bicyclic) bond motifs is 1. The van der Waals surface area contributed by atoms with Gasteiger partial charge in [-0.05, 0) is 42.2 Å². The molecule has 4 rings (SSSR count). The summed E-state index contributed by atoms with van der Waals surface area (Å²) in [7, 11) is 1.53. The lowest BCUT2D eigenvalue weighted by atomic mass is 9.96. The fraction of sp³-hybridized carbons (Fsp3) is 0.364. The van der Waals surface area contributed by atoms with Gasteiger partial charge in [-0.1, -0.05) is 30.7 Å². The number of aromatic nitrogens is 1. The summed E-state index contributed by atoms with van der Waals surface area (Å²) in [6.45, 7) is 3.49. The molecule has 0 aliphatic carbocycles. The number of likely N-dealkylation sites (tertiary alicyclic amines) is 1. The van der Waals surface area contributed by atoms with Crippen molar-refractivity contribution < 1.29 is 19.1 Å². The van der Waals surface area contributed by atoms with Gasteiger partial charge in [-0.3, -0.25) is 4.79 Å². The summed E-state index contributed by atoms with van der Waals surface area (Å²) in [6.07, 6.45) is 0.211. The molecule has 1 aromatic heterocycles. The molecule has 30 heavy (non-hydrogen) atoms. The Balaban J connectivity index is 1.56. The number of hydrogen-bond acceptors (Lipinski definition) is 6. The van der Waals surface area contributed by atoms with Crippen LogP contribution in [0.1, 0.15) is 29.3 Å². The number of aliphatic hydroxyl groups excluding tert-OH is 1. The average Bonchev–Trinajstić information content (AvgIpc) is 3.16. The molecule has 0 bridgehead atoms. The van der Waals surface area contributed by atoms with Crippen molar-refractivity contribution in [1.29, 1.82) is 0 Å². The Morgan fingerprint density at radius 2 is 2.23 bits per heavy atom. The van der Waals surface area contributed by atoms with Crippen molar-refractivity contribution in [3.63, 3.8) is 0 Å². The molecule has 3 aromatic rings. The smallest absolute Gasteiger partial charge is 0.296 e. The number of oxazole rings is 1. The lowest BCUT2D eigenvalue weighted by molar-refractivity contribution is 0.0297. The van der Waals surface area contributed by atoms with Crippen molar-refractivity contribution in [2.75, 3.05) is 25.5 Å². The standard InChI is InChI=1S/C22H24ClN3O4/c1-13-12-26(7-6-18(13)27)21(28)15-9-17-20(19(10-15)29-2)30-22(25-17)24-11-14-4-3-5-16(23)8-14/h3-5,8-10,13,18,27H,6-7,11-12H2,1-2H3,(H,24,25)/t13-,18-/m0/s1. The molecule has 1 amide bonds. The number of ether oxygens (including phenoxy) is 1. The zero-order valence-electron chi connectivity index (χ0n) is 16.9. The third kappa shape index (κ3) is 4.22. The summed E-state index contributed by atoms with van der Waals surface area (Å²) >= 11 is 6.03. The molecule has 1 fully saturated rings. The van der Waals surface area contributed by atoms with E-state index >= 15 is 0 Å². The fourth-order valence-electron chi connectivity index (χ4n) is 3.68. The van der Waals surface area contributed by atoms with E-state index in [-0.39, 0.29) is 17.9 Å². The number of carbonyl (C=O) groups excluding carboxylic acids is 1. The van der Waals surface area contributed by atoms with E-state index in [0.717, 1.165) is 5.56 Å². The minimum Gasteiger partial charge on any atom is -0.493 e. The summed E-state index contributed by atoms with van der Waals surface area (Å²) in [6, 6.07) is 11.2. The van der Waals surface area contributed by atoms with Crippen LogP contribution in [0.25, 0.3) is 11.1 Å². The average molecular weight is 430 g/mol. The molecule has 7 nitrogen and oxygen atoms in total. The Morgan fingerprint density at radius 3 is 2.97 bits per heavy atom. The molecule has 2 atom stereocenters. The Hall–Kier alpha value is -2.77. The molecule has 2 heterocycles. The van der Waals surface area contributed by atoms with E-state index in [2.05, 4.69) is 10.3 Å². The first kappa shape index (κ1) is 20.5. The molecule has 1 aliphatic heterocycles. The molecule has 158 valence electrons. The van der Waals surface area contributed by atoms with E-state index in [1.54, 1.807) is 17.0 Å². The highest BCUT2D eigenvalue weighted by atomic mass is 35.5. The quantitative estimate of drug-likeness (QED) is 0.638. The number of anilines is 1. The van der Waals surface area contributed by atoms with Crippen LogP contribution in [0, 0.1) is 5.92 Å². The summed E-state index contributed by atoms with van der Waals surface area (Å²) in [4.78, 5) is 19.2. The van der Waals surface area contributed by atoms with Gasteiger partial charge in [-0.2, -0.15) is 4.98 Å². The van der Waals surface area contributed by atoms with Crippen molar-refractivity contribution in [2.45, 2.75) is 26.0 Å². The van der Waals surface area contributed by atoms with E-state index in [0.29, 0.717) is 59.5 Å². The first-order valence-electron chi connectivity index (χ1n) is 9.89. The molecule has 1 aliphatic rings. The Morgan fingerprint density at radius 1 is 1.40 bits per heavy atom. The van der Waals surface area contributed by atoms with Crippen LogP contribution in [0.3, 0.4) is 0 Å². The van der Waals surface area contributed by atoms with Crippen LogP contribution in [0.5, 0.6) is 5.75 Å². The molecule has 2 aromatic carbocycles. The predicted octanol–water partition coefficient (Wildman–Crippen LogP) is 3.94. The minimum atomic E-state index is -0.366. The number of halogens is 1. The van der Waals surface area contributed by atoms with Crippen molar-refractivity contribution in [3.05, 3.63) is 52.5 Å². The van der Waals surface area contributed by atoms with Crippen LogP contribution >= 0.6 is 11.6 Å². The van der Waals surface area contributed by atoms with Gasteiger partial charge in [0.15, 0.2) is 11.3 Å². The second-order valence-electron chi connectivity index (χ2n) is 7.61. The van der Waals surface area contributed by atoms with Crippen LogP contribution in [0.2, 0.25) is 5.02 Å². The highest BCUT2D eigenvalue weighted by Gasteiger charge is 2.28. The molecule has 0 radical (unpaired) electrons. The van der Waals surface area contributed by atoms with Gasteiger partial charge in [-0.25, -0.2) is 0 Å². The molecule has 0 spiro atoms. The molecular formula is C22H24ClN3O4. The van der Waals surface area contributed by atoms with Crippen LogP contribution in [0.4, 0.5) is 6.01 Å². The van der Waals surface area contributed by atoms with Gasteiger partial charge in [-0.15, -0.1) is 0 Å². The number of aliphatic hydroxyl groups is 1. The van der Waals surface area contributed by atoms with Crippen LogP contribution in [-0.4, -0.2) is 47.2 Å². The monoisotopic (exact) mass is 429 g/mol. The van der Waals surface area contributed by atoms with Crippen molar-refractivity contribution >= 4 is 34.6 Å². The lowest BCUT2D eigenvalue weighted by Gasteiger charge is -2.34. The van der Waals surface area contributed by atoms with Crippen LogP contribution in [0.15, 0.2) is 40.8 Å².